The minimum atomic E-state index is -1.14. The Morgan fingerprint density at radius 2 is 2.00 bits per heavy atom. The highest BCUT2D eigenvalue weighted by Crippen LogP contribution is 2.41. The number of ether oxygens (including phenoxy) is 3. The van der Waals surface area contributed by atoms with Crippen LogP contribution in [0.25, 0.3) is 22.2 Å². The molecule has 36 heavy (non-hydrogen) atoms. The number of rotatable bonds is 6. The molecule has 1 N–H and O–H groups in total. The molecular weight excluding hydrogens is 456 g/mol. The Bertz CT molecular complexity index is 1270. The van der Waals surface area contributed by atoms with E-state index in [2.05, 4.69) is 22.9 Å². The van der Waals surface area contributed by atoms with Gasteiger partial charge < -0.3 is 23.9 Å². The number of nitrogens with zero attached hydrogens (tertiary/aromatic N) is 2. The fraction of sp³-hybridized carbons (Fsp3) is 0.517. The minimum absolute atomic E-state index is 0.538. The number of carbonyl (C=O) groups is 1. The number of carboxylic acid groups (broad SMARTS) is 1. The monoisotopic (exact) mass is 492 g/mol. The lowest BCUT2D eigenvalue weighted by atomic mass is 9.90. The number of aryl methyl sites for hydroxylation is 2. The normalized spacial score (nSPS) is 17.6. The summed E-state index contributed by atoms with van der Waals surface area (Å²) in [6.07, 6.45) is 4.94. The van der Waals surface area contributed by atoms with Gasteiger partial charge in [-0.15, -0.1) is 0 Å². The largest absolute Gasteiger partial charge is 0.493 e. The highest BCUT2D eigenvalue weighted by Gasteiger charge is 2.33. The van der Waals surface area contributed by atoms with Gasteiger partial charge in [0.1, 0.15) is 11.4 Å². The van der Waals surface area contributed by atoms with Crippen molar-refractivity contribution >= 4 is 17.0 Å². The van der Waals surface area contributed by atoms with Crippen molar-refractivity contribution in [1.29, 1.82) is 0 Å². The Balaban J connectivity index is 1.70. The van der Waals surface area contributed by atoms with Gasteiger partial charge >= 0.3 is 5.97 Å². The van der Waals surface area contributed by atoms with Crippen LogP contribution in [0.3, 0.4) is 0 Å². The number of aromatic nitrogens is 2. The van der Waals surface area contributed by atoms with Gasteiger partial charge in [0.2, 0.25) is 0 Å². The highest BCUT2D eigenvalue weighted by molar-refractivity contribution is 5.98. The summed E-state index contributed by atoms with van der Waals surface area (Å²) in [4.78, 5) is 17.5. The van der Waals surface area contributed by atoms with Crippen LogP contribution in [-0.4, -0.2) is 46.0 Å². The van der Waals surface area contributed by atoms with Gasteiger partial charge in [0, 0.05) is 48.2 Å². The summed E-state index contributed by atoms with van der Waals surface area (Å²) in [6.45, 7) is 10.7. The molecule has 1 unspecified atom stereocenters. The third-order valence-electron chi connectivity index (χ3n) is 7.09. The Morgan fingerprint density at radius 3 is 2.72 bits per heavy atom. The molecule has 0 bridgehead atoms. The smallest absolute Gasteiger partial charge is 0.337 e. The van der Waals surface area contributed by atoms with Crippen LogP contribution in [-0.2, 0) is 27.2 Å². The molecule has 0 amide bonds. The van der Waals surface area contributed by atoms with E-state index in [4.69, 9.17) is 19.2 Å². The second kappa shape index (κ2) is 9.87. The van der Waals surface area contributed by atoms with E-state index in [9.17, 15) is 9.90 Å². The fourth-order valence-corrected chi connectivity index (χ4v) is 5.42. The molecule has 4 heterocycles. The molecule has 192 valence electrons. The molecule has 7 nitrogen and oxygen atoms in total. The van der Waals surface area contributed by atoms with Crippen molar-refractivity contribution in [1.82, 2.24) is 9.55 Å². The van der Waals surface area contributed by atoms with Gasteiger partial charge in [-0.05, 0) is 88.6 Å². The Hall–Kier alpha value is -2.90. The van der Waals surface area contributed by atoms with Crippen molar-refractivity contribution in [2.45, 2.75) is 71.6 Å². The second-order valence-electron chi connectivity index (χ2n) is 11.0. The molecule has 5 rings (SSSR count). The summed E-state index contributed by atoms with van der Waals surface area (Å²) in [5.74, 6) is 0.432. The minimum Gasteiger partial charge on any atom is -0.493 e. The van der Waals surface area contributed by atoms with Crippen LogP contribution in [0.15, 0.2) is 30.5 Å². The van der Waals surface area contributed by atoms with Crippen LogP contribution in [0.2, 0.25) is 0 Å². The van der Waals surface area contributed by atoms with Crippen molar-refractivity contribution in [3.05, 3.63) is 47.3 Å². The van der Waals surface area contributed by atoms with Gasteiger partial charge in [0.05, 0.1) is 12.2 Å². The Kier molecular flexibility index (Phi) is 6.79. The quantitative estimate of drug-likeness (QED) is 0.475. The zero-order valence-corrected chi connectivity index (χ0v) is 21.7. The molecule has 3 aromatic rings. The van der Waals surface area contributed by atoms with Crippen LogP contribution in [0.5, 0.6) is 5.75 Å². The number of fused-ring (bicyclic) bond motifs is 2. The van der Waals surface area contributed by atoms with Gasteiger partial charge in [-0.1, -0.05) is 6.07 Å². The fourth-order valence-electron chi connectivity index (χ4n) is 5.42. The molecule has 1 atom stereocenters. The van der Waals surface area contributed by atoms with Crippen molar-refractivity contribution < 1.29 is 24.1 Å². The Labute approximate surface area is 212 Å². The predicted octanol–water partition coefficient (Wildman–Crippen LogP) is 5.70. The second-order valence-corrected chi connectivity index (χ2v) is 11.0. The molecule has 1 saturated heterocycles. The number of hydrogen-bond acceptors (Lipinski definition) is 5. The molecule has 2 aromatic heterocycles. The lowest BCUT2D eigenvalue weighted by Gasteiger charge is -2.28. The van der Waals surface area contributed by atoms with Crippen molar-refractivity contribution in [3.8, 4) is 16.9 Å². The molecule has 1 fully saturated rings. The van der Waals surface area contributed by atoms with Gasteiger partial charge in [0.15, 0.2) is 6.10 Å². The van der Waals surface area contributed by atoms with Crippen LogP contribution in [0.4, 0.5) is 0 Å². The molecular formula is C29H36N2O5. The average Bonchev–Trinajstić information content (AvgIpc) is 3.23. The summed E-state index contributed by atoms with van der Waals surface area (Å²) in [5.41, 5.74) is 4.54. The molecule has 7 heteroatoms. The van der Waals surface area contributed by atoms with Crippen molar-refractivity contribution in [2.75, 3.05) is 19.8 Å². The maximum absolute atomic E-state index is 12.6. The summed E-state index contributed by atoms with van der Waals surface area (Å²) in [7, 11) is 0. The van der Waals surface area contributed by atoms with E-state index in [1.165, 1.54) is 0 Å². The molecule has 0 radical (unpaired) electrons. The third kappa shape index (κ3) is 5.00. The topological polar surface area (TPSA) is 82.8 Å². The summed E-state index contributed by atoms with van der Waals surface area (Å²) >= 11 is 0. The van der Waals surface area contributed by atoms with Crippen LogP contribution in [0, 0.1) is 12.8 Å². The zero-order chi connectivity index (χ0) is 25.4. The van der Waals surface area contributed by atoms with Crippen molar-refractivity contribution in [3.63, 3.8) is 0 Å². The molecule has 0 aliphatic carbocycles. The number of benzene rings is 1. The molecule has 0 saturated carbocycles. The van der Waals surface area contributed by atoms with Gasteiger partial charge in [0.25, 0.3) is 0 Å². The van der Waals surface area contributed by atoms with E-state index in [0.29, 0.717) is 17.2 Å². The van der Waals surface area contributed by atoms with Gasteiger partial charge in [-0.2, -0.15) is 0 Å². The first-order valence-electron chi connectivity index (χ1n) is 12.9. The van der Waals surface area contributed by atoms with Gasteiger partial charge in [-0.25, -0.2) is 9.78 Å². The lowest BCUT2D eigenvalue weighted by Crippen LogP contribution is -2.28. The highest BCUT2D eigenvalue weighted by atomic mass is 16.5. The molecule has 2 aliphatic rings. The first-order chi connectivity index (χ1) is 17.2. The third-order valence-corrected chi connectivity index (χ3v) is 7.09. The SMILES string of the molecule is Cc1nc2c(ccn2CC2CCOCC2)c(-c2ccc3c(c2)CCCO3)c1C(OC(C)(C)C)C(=O)O. The predicted molar refractivity (Wildman–Crippen MR) is 138 cm³/mol. The summed E-state index contributed by atoms with van der Waals surface area (Å²) in [5, 5.41) is 11.2. The van der Waals surface area contributed by atoms with E-state index in [0.717, 1.165) is 85.5 Å². The standard InChI is InChI=1S/C29H36N2O5/c1-18-24(26(28(32)33)36-29(2,3)4)25(21-7-8-23-20(16-21)6-5-13-35-23)22-9-12-31(27(22)30-18)17-19-10-14-34-15-11-19/h7-9,12,16,19,26H,5-6,10-11,13-15,17H2,1-4H3,(H,32,33). The number of hydrogen-bond donors (Lipinski definition) is 1. The van der Waals surface area contributed by atoms with Crippen LogP contribution >= 0.6 is 0 Å². The average molecular weight is 493 g/mol. The number of pyridine rings is 1. The van der Waals surface area contributed by atoms with E-state index < -0.39 is 17.7 Å². The molecule has 2 aliphatic heterocycles. The Morgan fingerprint density at radius 1 is 1.22 bits per heavy atom. The van der Waals surface area contributed by atoms with Crippen LogP contribution in [0.1, 0.15) is 63.0 Å². The van der Waals surface area contributed by atoms with Crippen molar-refractivity contribution in [2.24, 2.45) is 5.92 Å². The number of aliphatic carboxylic acids is 1. The lowest BCUT2D eigenvalue weighted by molar-refractivity contribution is -0.160. The van der Waals surface area contributed by atoms with Crippen LogP contribution < -0.4 is 4.74 Å². The van der Waals surface area contributed by atoms with E-state index in [1.54, 1.807) is 0 Å². The molecule has 0 spiro atoms. The van der Waals surface area contributed by atoms with E-state index in [-0.39, 0.29) is 0 Å². The summed E-state index contributed by atoms with van der Waals surface area (Å²) in [6, 6.07) is 8.27. The summed E-state index contributed by atoms with van der Waals surface area (Å²) < 4.78 is 19.7. The zero-order valence-electron chi connectivity index (χ0n) is 21.7. The maximum Gasteiger partial charge on any atom is 0.337 e. The first kappa shape index (κ1) is 24.8. The number of carboxylic acids is 1. The molecule has 1 aromatic carbocycles. The first-order valence-corrected chi connectivity index (χ1v) is 12.9. The van der Waals surface area contributed by atoms with E-state index in [1.807, 2.05) is 39.8 Å². The van der Waals surface area contributed by atoms with Gasteiger partial charge in [-0.3, -0.25) is 0 Å². The maximum atomic E-state index is 12.6. The van der Waals surface area contributed by atoms with E-state index >= 15 is 0 Å².